The van der Waals surface area contributed by atoms with Crippen molar-refractivity contribution in [1.29, 1.82) is 0 Å². The van der Waals surface area contributed by atoms with E-state index < -0.39 is 17.4 Å². The number of nitrogens with one attached hydrogen (secondary N) is 1. The van der Waals surface area contributed by atoms with Crippen LogP contribution in [0.25, 0.3) is 0 Å². The van der Waals surface area contributed by atoms with E-state index in [0.717, 1.165) is 5.56 Å². The van der Waals surface area contributed by atoms with Crippen molar-refractivity contribution in [2.45, 2.75) is 31.7 Å². The first-order valence-corrected chi connectivity index (χ1v) is 6.58. The van der Waals surface area contributed by atoms with E-state index >= 15 is 0 Å². The normalized spacial score (nSPS) is 26.1. The lowest BCUT2D eigenvalue weighted by Crippen LogP contribution is -2.46. The summed E-state index contributed by atoms with van der Waals surface area (Å²) in [5.74, 6) is -0.587. The van der Waals surface area contributed by atoms with Crippen LogP contribution in [-0.2, 0) is 19.7 Å². The molecule has 1 aliphatic heterocycles. The SMILES string of the molecule is CCOC(=O)C1NC(=O)CC1(C)c1ccccc1Cl. The Labute approximate surface area is 117 Å². The molecule has 2 unspecified atom stereocenters. The van der Waals surface area contributed by atoms with Crippen LogP contribution in [0.2, 0.25) is 5.02 Å². The molecule has 1 aromatic carbocycles. The molecule has 0 spiro atoms. The summed E-state index contributed by atoms with van der Waals surface area (Å²) in [6.07, 6.45) is 0.222. The number of hydrogen-bond donors (Lipinski definition) is 1. The number of amides is 1. The van der Waals surface area contributed by atoms with Gasteiger partial charge in [-0.3, -0.25) is 4.79 Å². The molecule has 0 radical (unpaired) electrons. The van der Waals surface area contributed by atoms with E-state index in [1.54, 1.807) is 13.0 Å². The van der Waals surface area contributed by atoms with E-state index in [0.29, 0.717) is 5.02 Å². The van der Waals surface area contributed by atoms with Crippen LogP contribution in [0.4, 0.5) is 0 Å². The summed E-state index contributed by atoms with van der Waals surface area (Å²) in [7, 11) is 0. The molecule has 1 heterocycles. The quantitative estimate of drug-likeness (QED) is 0.863. The first kappa shape index (κ1) is 13.9. The van der Waals surface area contributed by atoms with Crippen molar-refractivity contribution in [1.82, 2.24) is 5.32 Å². The van der Waals surface area contributed by atoms with Crippen molar-refractivity contribution in [2.24, 2.45) is 0 Å². The van der Waals surface area contributed by atoms with Gasteiger partial charge >= 0.3 is 5.97 Å². The standard InChI is InChI=1S/C14H16ClNO3/c1-3-19-13(18)12-14(2,8-11(17)16-12)9-6-4-5-7-10(9)15/h4-7,12H,3,8H2,1-2H3,(H,16,17). The van der Waals surface area contributed by atoms with Crippen molar-refractivity contribution in [3.05, 3.63) is 34.9 Å². The third kappa shape index (κ3) is 2.45. The average Bonchev–Trinajstić information content (AvgIpc) is 2.66. The van der Waals surface area contributed by atoms with Crippen molar-refractivity contribution in [3.8, 4) is 0 Å². The zero-order valence-electron chi connectivity index (χ0n) is 10.9. The Hall–Kier alpha value is -1.55. The predicted octanol–water partition coefficient (Wildman–Crippen LogP) is 2.05. The van der Waals surface area contributed by atoms with E-state index in [4.69, 9.17) is 16.3 Å². The number of benzene rings is 1. The molecule has 1 saturated heterocycles. The second kappa shape index (κ2) is 5.21. The summed E-state index contributed by atoms with van der Waals surface area (Å²) in [5, 5.41) is 3.23. The van der Waals surface area contributed by atoms with Gasteiger partial charge in [0.05, 0.1) is 6.61 Å². The summed E-state index contributed by atoms with van der Waals surface area (Å²) in [4.78, 5) is 23.7. The van der Waals surface area contributed by atoms with Gasteiger partial charge in [0.25, 0.3) is 0 Å². The van der Waals surface area contributed by atoms with Crippen LogP contribution in [0.15, 0.2) is 24.3 Å². The molecule has 1 fully saturated rings. The van der Waals surface area contributed by atoms with Crippen LogP contribution >= 0.6 is 11.6 Å². The smallest absolute Gasteiger partial charge is 0.329 e. The van der Waals surface area contributed by atoms with Gasteiger partial charge in [0, 0.05) is 16.9 Å². The van der Waals surface area contributed by atoms with Crippen molar-refractivity contribution in [2.75, 3.05) is 6.61 Å². The molecule has 102 valence electrons. The molecule has 0 aromatic heterocycles. The molecule has 0 aliphatic carbocycles. The second-order valence-electron chi connectivity index (χ2n) is 4.83. The summed E-state index contributed by atoms with van der Waals surface area (Å²) in [6, 6.07) is 6.57. The molecule has 2 atom stereocenters. The fourth-order valence-corrected chi connectivity index (χ4v) is 2.88. The molecule has 0 saturated carbocycles. The molecular weight excluding hydrogens is 266 g/mol. The maximum atomic E-state index is 12.0. The molecule has 19 heavy (non-hydrogen) atoms. The molecule has 4 nitrogen and oxygen atoms in total. The van der Waals surface area contributed by atoms with Crippen LogP contribution in [0.1, 0.15) is 25.8 Å². The number of rotatable bonds is 3. The molecule has 1 aromatic rings. The van der Waals surface area contributed by atoms with E-state index in [1.807, 2.05) is 25.1 Å². The Morgan fingerprint density at radius 3 is 2.84 bits per heavy atom. The minimum atomic E-state index is -0.695. The highest BCUT2D eigenvalue weighted by Gasteiger charge is 2.49. The minimum absolute atomic E-state index is 0.166. The van der Waals surface area contributed by atoms with Crippen molar-refractivity contribution < 1.29 is 14.3 Å². The summed E-state index contributed by atoms with van der Waals surface area (Å²) in [6.45, 7) is 3.87. The Morgan fingerprint density at radius 1 is 1.53 bits per heavy atom. The number of carbonyl (C=O) groups is 2. The van der Waals surface area contributed by atoms with Gasteiger partial charge in [-0.1, -0.05) is 36.7 Å². The summed E-state index contributed by atoms with van der Waals surface area (Å²) in [5.41, 5.74) is 0.106. The Bertz CT molecular complexity index is 517. The Kier molecular flexibility index (Phi) is 3.80. The second-order valence-corrected chi connectivity index (χ2v) is 5.23. The molecule has 1 aliphatic rings. The van der Waals surface area contributed by atoms with Crippen molar-refractivity contribution >= 4 is 23.5 Å². The fraction of sp³-hybridized carbons (Fsp3) is 0.429. The third-order valence-electron chi connectivity index (χ3n) is 3.48. The van der Waals surface area contributed by atoms with E-state index in [1.165, 1.54) is 0 Å². The zero-order valence-corrected chi connectivity index (χ0v) is 11.7. The molecule has 5 heteroatoms. The highest BCUT2D eigenvalue weighted by Crippen LogP contribution is 2.39. The van der Waals surface area contributed by atoms with Gasteiger partial charge in [-0.2, -0.15) is 0 Å². The zero-order chi connectivity index (χ0) is 14.0. The van der Waals surface area contributed by atoms with E-state index in [-0.39, 0.29) is 18.9 Å². The minimum Gasteiger partial charge on any atom is -0.464 e. The maximum Gasteiger partial charge on any atom is 0.329 e. The summed E-state index contributed by atoms with van der Waals surface area (Å²) < 4.78 is 5.03. The van der Waals surface area contributed by atoms with E-state index in [9.17, 15) is 9.59 Å². The van der Waals surface area contributed by atoms with Gasteiger partial charge in [0.2, 0.25) is 5.91 Å². The van der Waals surface area contributed by atoms with Crippen LogP contribution in [0.5, 0.6) is 0 Å². The predicted molar refractivity (Wildman–Crippen MR) is 72.0 cm³/mol. The van der Waals surface area contributed by atoms with Gasteiger partial charge in [-0.25, -0.2) is 4.79 Å². The molecule has 1 amide bonds. The van der Waals surface area contributed by atoms with Crippen LogP contribution < -0.4 is 5.32 Å². The number of hydrogen-bond acceptors (Lipinski definition) is 3. The van der Waals surface area contributed by atoms with Gasteiger partial charge < -0.3 is 10.1 Å². The van der Waals surface area contributed by atoms with Gasteiger partial charge in [0.1, 0.15) is 6.04 Å². The van der Waals surface area contributed by atoms with Gasteiger partial charge in [-0.15, -0.1) is 0 Å². The highest BCUT2D eigenvalue weighted by atomic mass is 35.5. The first-order valence-electron chi connectivity index (χ1n) is 6.20. The number of ether oxygens (including phenoxy) is 1. The van der Waals surface area contributed by atoms with Gasteiger partial charge in [-0.05, 0) is 18.6 Å². The molecular formula is C14H16ClNO3. The Balaban J connectivity index is 2.42. The molecule has 1 N–H and O–H groups in total. The molecule has 0 bridgehead atoms. The summed E-state index contributed by atoms with van der Waals surface area (Å²) >= 11 is 6.20. The number of esters is 1. The maximum absolute atomic E-state index is 12.0. The fourth-order valence-electron chi connectivity index (χ4n) is 2.53. The first-order chi connectivity index (χ1) is 8.99. The monoisotopic (exact) mass is 281 g/mol. The lowest BCUT2D eigenvalue weighted by molar-refractivity contribution is -0.147. The van der Waals surface area contributed by atoms with Crippen LogP contribution in [-0.4, -0.2) is 24.5 Å². The topological polar surface area (TPSA) is 55.4 Å². The van der Waals surface area contributed by atoms with Crippen LogP contribution in [0.3, 0.4) is 0 Å². The van der Waals surface area contributed by atoms with E-state index in [2.05, 4.69) is 5.32 Å². The van der Waals surface area contributed by atoms with Gasteiger partial charge in [0.15, 0.2) is 0 Å². The largest absolute Gasteiger partial charge is 0.464 e. The highest BCUT2D eigenvalue weighted by molar-refractivity contribution is 6.31. The third-order valence-corrected chi connectivity index (χ3v) is 3.81. The lowest BCUT2D eigenvalue weighted by Gasteiger charge is -2.29. The lowest BCUT2D eigenvalue weighted by atomic mass is 9.76. The Morgan fingerprint density at radius 2 is 2.21 bits per heavy atom. The number of halogens is 1. The average molecular weight is 282 g/mol. The molecule has 2 rings (SSSR count). The van der Waals surface area contributed by atoms with Crippen molar-refractivity contribution in [3.63, 3.8) is 0 Å². The number of carbonyl (C=O) groups excluding carboxylic acids is 2. The van der Waals surface area contributed by atoms with Crippen LogP contribution in [0, 0.1) is 0 Å².